The SMILES string of the molecule is CCCN(CCC)C(=O)CCCC(=O)Nc1ccc(-c2cn3c(n2)CCCC3)cc1. The van der Waals surface area contributed by atoms with Crippen molar-refractivity contribution in [2.45, 2.75) is 71.8 Å². The molecule has 1 aliphatic rings. The normalized spacial score (nSPS) is 13.0. The first-order valence-electron chi connectivity index (χ1n) is 11.3. The maximum Gasteiger partial charge on any atom is 0.224 e. The van der Waals surface area contributed by atoms with Gasteiger partial charge in [0.2, 0.25) is 11.8 Å². The fraction of sp³-hybridized carbons (Fsp3) is 0.542. The molecule has 0 fully saturated rings. The highest BCUT2D eigenvalue weighted by molar-refractivity contribution is 5.91. The summed E-state index contributed by atoms with van der Waals surface area (Å²) >= 11 is 0. The summed E-state index contributed by atoms with van der Waals surface area (Å²) in [6.45, 7) is 6.80. The summed E-state index contributed by atoms with van der Waals surface area (Å²) in [5.74, 6) is 1.27. The van der Waals surface area contributed by atoms with Crippen molar-refractivity contribution in [3.05, 3.63) is 36.3 Å². The van der Waals surface area contributed by atoms with E-state index in [-0.39, 0.29) is 11.8 Å². The first-order chi connectivity index (χ1) is 14.6. The Morgan fingerprint density at radius 2 is 1.80 bits per heavy atom. The van der Waals surface area contributed by atoms with Gasteiger partial charge in [0, 0.05) is 56.3 Å². The van der Waals surface area contributed by atoms with Crippen molar-refractivity contribution in [2.24, 2.45) is 0 Å². The number of aryl methyl sites for hydroxylation is 2. The lowest BCUT2D eigenvalue weighted by Crippen LogP contribution is -2.32. The number of amides is 2. The second kappa shape index (κ2) is 11.0. The molecule has 3 rings (SSSR count). The Labute approximate surface area is 179 Å². The molecule has 162 valence electrons. The predicted octanol–water partition coefficient (Wildman–Crippen LogP) is 4.64. The quantitative estimate of drug-likeness (QED) is 0.620. The molecule has 1 aromatic carbocycles. The van der Waals surface area contributed by atoms with Crippen LogP contribution in [0.5, 0.6) is 0 Å². The first kappa shape index (κ1) is 22.1. The highest BCUT2D eigenvalue weighted by Crippen LogP contribution is 2.24. The molecule has 0 atom stereocenters. The van der Waals surface area contributed by atoms with E-state index in [1.54, 1.807) is 0 Å². The van der Waals surface area contributed by atoms with Gasteiger partial charge in [-0.2, -0.15) is 0 Å². The molecule has 2 heterocycles. The average molecular weight is 411 g/mol. The maximum atomic E-state index is 12.3. The van der Waals surface area contributed by atoms with E-state index >= 15 is 0 Å². The van der Waals surface area contributed by atoms with E-state index in [0.29, 0.717) is 19.3 Å². The number of anilines is 1. The lowest BCUT2D eigenvalue weighted by atomic mass is 10.1. The van der Waals surface area contributed by atoms with Crippen molar-refractivity contribution < 1.29 is 9.59 Å². The van der Waals surface area contributed by atoms with Gasteiger partial charge in [-0.15, -0.1) is 0 Å². The highest BCUT2D eigenvalue weighted by atomic mass is 16.2. The summed E-state index contributed by atoms with van der Waals surface area (Å²) in [5, 5.41) is 2.93. The Kier molecular flexibility index (Phi) is 8.05. The Hall–Kier alpha value is -2.63. The van der Waals surface area contributed by atoms with E-state index in [4.69, 9.17) is 4.98 Å². The molecule has 6 heteroatoms. The molecule has 0 unspecified atom stereocenters. The Bertz CT molecular complexity index is 812. The van der Waals surface area contributed by atoms with E-state index in [2.05, 4.69) is 29.9 Å². The van der Waals surface area contributed by atoms with E-state index in [1.807, 2.05) is 29.2 Å². The number of imidazole rings is 1. The fourth-order valence-corrected chi connectivity index (χ4v) is 3.96. The van der Waals surface area contributed by atoms with Crippen LogP contribution in [0.2, 0.25) is 0 Å². The summed E-state index contributed by atoms with van der Waals surface area (Å²) in [7, 11) is 0. The zero-order valence-electron chi connectivity index (χ0n) is 18.3. The lowest BCUT2D eigenvalue weighted by molar-refractivity contribution is -0.131. The Balaban J connectivity index is 1.46. The van der Waals surface area contributed by atoms with E-state index in [1.165, 1.54) is 18.7 Å². The molecular formula is C24H34N4O2. The number of hydrogen-bond donors (Lipinski definition) is 1. The molecule has 2 amide bonds. The molecule has 1 aromatic heterocycles. The molecule has 2 aromatic rings. The van der Waals surface area contributed by atoms with Crippen molar-refractivity contribution in [2.75, 3.05) is 18.4 Å². The Morgan fingerprint density at radius 1 is 1.07 bits per heavy atom. The summed E-state index contributed by atoms with van der Waals surface area (Å²) in [5.41, 5.74) is 2.83. The third-order valence-corrected chi connectivity index (χ3v) is 5.51. The minimum absolute atomic E-state index is 0.0504. The monoisotopic (exact) mass is 410 g/mol. The molecule has 0 aliphatic carbocycles. The predicted molar refractivity (Wildman–Crippen MR) is 120 cm³/mol. The third-order valence-electron chi connectivity index (χ3n) is 5.51. The maximum absolute atomic E-state index is 12.3. The van der Waals surface area contributed by atoms with Gasteiger partial charge >= 0.3 is 0 Å². The zero-order chi connectivity index (χ0) is 21.3. The van der Waals surface area contributed by atoms with Gasteiger partial charge < -0.3 is 14.8 Å². The second-order valence-corrected chi connectivity index (χ2v) is 8.05. The zero-order valence-corrected chi connectivity index (χ0v) is 18.3. The van der Waals surface area contributed by atoms with Crippen LogP contribution in [-0.2, 0) is 22.6 Å². The summed E-state index contributed by atoms with van der Waals surface area (Å²) in [4.78, 5) is 31.2. The van der Waals surface area contributed by atoms with Crippen LogP contribution in [0.4, 0.5) is 5.69 Å². The molecule has 0 bridgehead atoms. The summed E-state index contributed by atoms with van der Waals surface area (Å²) in [6, 6.07) is 7.84. The molecule has 1 aliphatic heterocycles. The molecule has 30 heavy (non-hydrogen) atoms. The van der Waals surface area contributed by atoms with Gasteiger partial charge in [0.05, 0.1) is 5.69 Å². The van der Waals surface area contributed by atoms with Crippen LogP contribution in [0.1, 0.15) is 64.6 Å². The number of rotatable bonds is 10. The van der Waals surface area contributed by atoms with E-state index in [0.717, 1.165) is 55.8 Å². The molecular weight excluding hydrogens is 376 g/mol. The van der Waals surface area contributed by atoms with Crippen LogP contribution in [0.25, 0.3) is 11.3 Å². The largest absolute Gasteiger partial charge is 0.343 e. The van der Waals surface area contributed by atoms with Crippen molar-refractivity contribution in [1.29, 1.82) is 0 Å². The van der Waals surface area contributed by atoms with E-state index in [9.17, 15) is 9.59 Å². The first-order valence-corrected chi connectivity index (χ1v) is 11.3. The smallest absolute Gasteiger partial charge is 0.224 e. The number of nitrogens with one attached hydrogen (secondary N) is 1. The minimum Gasteiger partial charge on any atom is -0.343 e. The number of carbonyl (C=O) groups excluding carboxylic acids is 2. The second-order valence-electron chi connectivity index (χ2n) is 8.05. The summed E-state index contributed by atoms with van der Waals surface area (Å²) < 4.78 is 2.25. The van der Waals surface area contributed by atoms with Gasteiger partial charge in [0.25, 0.3) is 0 Å². The molecule has 0 saturated carbocycles. The van der Waals surface area contributed by atoms with Crippen molar-refractivity contribution in [3.8, 4) is 11.3 Å². The fourth-order valence-electron chi connectivity index (χ4n) is 3.96. The topological polar surface area (TPSA) is 67.2 Å². The standard InChI is InChI=1S/C24H34N4O2/c1-3-15-27(16-4-2)24(30)10-7-9-23(29)25-20-13-11-19(12-14-20)21-18-28-17-6-5-8-22(28)26-21/h11-14,18H,3-10,15-17H2,1-2H3,(H,25,29). The van der Waals surface area contributed by atoms with Gasteiger partial charge in [0.1, 0.15) is 5.82 Å². The van der Waals surface area contributed by atoms with Gasteiger partial charge in [-0.1, -0.05) is 26.0 Å². The van der Waals surface area contributed by atoms with Crippen LogP contribution >= 0.6 is 0 Å². The van der Waals surface area contributed by atoms with Crippen molar-refractivity contribution in [1.82, 2.24) is 14.5 Å². The Morgan fingerprint density at radius 3 is 2.47 bits per heavy atom. The highest BCUT2D eigenvalue weighted by Gasteiger charge is 2.14. The average Bonchev–Trinajstić information content (AvgIpc) is 3.18. The van der Waals surface area contributed by atoms with Gasteiger partial charge in [0.15, 0.2) is 0 Å². The van der Waals surface area contributed by atoms with E-state index < -0.39 is 0 Å². The number of fused-ring (bicyclic) bond motifs is 1. The number of hydrogen-bond acceptors (Lipinski definition) is 3. The number of benzene rings is 1. The number of nitrogens with zero attached hydrogens (tertiary/aromatic N) is 3. The van der Waals surface area contributed by atoms with Crippen LogP contribution < -0.4 is 5.32 Å². The minimum atomic E-state index is -0.0504. The van der Waals surface area contributed by atoms with Crippen LogP contribution in [0, 0.1) is 0 Å². The van der Waals surface area contributed by atoms with Crippen LogP contribution in [0.3, 0.4) is 0 Å². The third kappa shape index (κ3) is 5.94. The van der Waals surface area contributed by atoms with Gasteiger partial charge in [-0.3, -0.25) is 9.59 Å². The van der Waals surface area contributed by atoms with Gasteiger partial charge in [-0.25, -0.2) is 4.98 Å². The van der Waals surface area contributed by atoms with Crippen molar-refractivity contribution in [3.63, 3.8) is 0 Å². The van der Waals surface area contributed by atoms with Crippen LogP contribution in [-0.4, -0.2) is 39.4 Å². The number of carbonyl (C=O) groups is 2. The summed E-state index contributed by atoms with van der Waals surface area (Å²) in [6.07, 6.45) is 8.88. The van der Waals surface area contributed by atoms with Gasteiger partial charge in [-0.05, 0) is 44.2 Å². The molecule has 0 saturated heterocycles. The molecule has 1 N–H and O–H groups in total. The molecule has 0 radical (unpaired) electrons. The molecule has 6 nitrogen and oxygen atoms in total. The van der Waals surface area contributed by atoms with Crippen molar-refractivity contribution >= 4 is 17.5 Å². The lowest BCUT2D eigenvalue weighted by Gasteiger charge is -2.21. The van der Waals surface area contributed by atoms with Crippen LogP contribution in [0.15, 0.2) is 30.5 Å². The number of aromatic nitrogens is 2. The molecule has 0 spiro atoms.